The van der Waals surface area contributed by atoms with Crippen molar-refractivity contribution in [3.05, 3.63) is 42.2 Å². The summed E-state index contributed by atoms with van der Waals surface area (Å²) in [6.45, 7) is 0.403. The van der Waals surface area contributed by atoms with E-state index in [-0.39, 0.29) is 5.91 Å². The quantitative estimate of drug-likeness (QED) is 0.755. The van der Waals surface area contributed by atoms with Gasteiger partial charge in [0.15, 0.2) is 6.73 Å². The summed E-state index contributed by atoms with van der Waals surface area (Å²) in [6.07, 6.45) is 3.80. The highest BCUT2D eigenvalue weighted by Gasteiger charge is 2.36. The zero-order valence-corrected chi connectivity index (χ0v) is 8.93. The Morgan fingerprint density at radius 3 is 2.62 bits per heavy atom. The van der Waals surface area contributed by atoms with Crippen LogP contribution in [0.4, 0.5) is 0 Å². The van der Waals surface area contributed by atoms with Gasteiger partial charge in [0.1, 0.15) is 0 Å². The molecule has 1 amide bonds. The molecule has 1 aromatic rings. The third-order valence-corrected chi connectivity index (χ3v) is 2.98. The van der Waals surface area contributed by atoms with Crippen LogP contribution in [0.3, 0.4) is 0 Å². The SMILES string of the molecule is O=C1C(c2ccccc2)=COCN1C1CC1. The zero-order valence-electron chi connectivity index (χ0n) is 8.93. The minimum Gasteiger partial charge on any atom is -0.480 e. The monoisotopic (exact) mass is 215 g/mol. The minimum atomic E-state index is 0.0972. The molecule has 0 spiro atoms. The molecule has 1 aliphatic heterocycles. The van der Waals surface area contributed by atoms with Crippen molar-refractivity contribution in [2.24, 2.45) is 0 Å². The van der Waals surface area contributed by atoms with Gasteiger partial charge in [-0.25, -0.2) is 0 Å². The summed E-state index contributed by atoms with van der Waals surface area (Å²) in [5.41, 5.74) is 1.59. The zero-order chi connectivity index (χ0) is 11.0. The van der Waals surface area contributed by atoms with Gasteiger partial charge in [0.05, 0.1) is 11.8 Å². The number of benzene rings is 1. The van der Waals surface area contributed by atoms with Crippen molar-refractivity contribution < 1.29 is 9.53 Å². The van der Waals surface area contributed by atoms with Crippen LogP contribution >= 0.6 is 0 Å². The van der Waals surface area contributed by atoms with E-state index >= 15 is 0 Å². The summed E-state index contributed by atoms with van der Waals surface area (Å²) in [5, 5.41) is 0. The van der Waals surface area contributed by atoms with Gasteiger partial charge in [0.25, 0.3) is 5.91 Å². The fourth-order valence-corrected chi connectivity index (χ4v) is 1.93. The minimum absolute atomic E-state index is 0.0972. The summed E-state index contributed by atoms with van der Waals surface area (Å²) in [4.78, 5) is 14.0. The number of nitrogens with zero attached hydrogens (tertiary/aromatic N) is 1. The summed E-state index contributed by atoms with van der Waals surface area (Å²) in [6, 6.07) is 10.1. The number of carbonyl (C=O) groups excluding carboxylic acids is 1. The maximum atomic E-state index is 12.2. The Labute approximate surface area is 94.3 Å². The van der Waals surface area contributed by atoms with Gasteiger partial charge in [0, 0.05) is 6.04 Å². The van der Waals surface area contributed by atoms with E-state index in [2.05, 4.69) is 0 Å². The number of hydrogen-bond donors (Lipinski definition) is 0. The fourth-order valence-electron chi connectivity index (χ4n) is 1.93. The van der Waals surface area contributed by atoms with Crippen LogP contribution in [0.2, 0.25) is 0 Å². The second-order valence-electron chi connectivity index (χ2n) is 4.20. The molecule has 0 atom stereocenters. The maximum Gasteiger partial charge on any atom is 0.260 e. The summed E-state index contributed by atoms with van der Waals surface area (Å²) in [5.74, 6) is 0.0972. The predicted octanol–water partition coefficient (Wildman–Crippen LogP) is 2.01. The van der Waals surface area contributed by atoms with Gasteiger partial charge in [-0.15, -0.1) is 0 Å². The largest absolute Gasteiger partial charge is 0.480 e. The lowest BCUT2D eigenvalue weighted by molar-refractivity contribution is -0.131. The van der Waals surface area contributed by atoms with Crippen molar-refractivity contribution >= 4 is 11.5 Å². The van der Waals surface area contributed by atoms with Crippen LogP contribution in [0.25, 0.3) is 5.57 Å². The van der Waals surface area contributed by atoms with Gasteiger partial charge in [0.2, 0.25) is 0 Å². The number of hydrogen-bond acceptors (Lipinski definition) is 2. The lowest BCUT2D eigenvalue weighted by atomic mass is 10.1. The normalized spacial score (nSPS) is 20.4. The summed E-state index contributed by atoms with van der Waals surface area (Å²) < 4.78 is 5.36. The van der Waals surface area contributed by atoms with Gasteiger partial charge >= 0.3 is 0 Å². The van der Waals surface area contributed by atoms with Crippen LogP contribution in [0.5, 0.6) is 0 Å². The Bertz CT molecular complexity index is 435. The molecule has 1 aliphatic carbocycles. The maximum absolute atomic E-state index is 12.2. The molecule has 1 fully saturated rings. The standard InChI is InChI=1S/C13H13NO2/c15-13-12(10-4-2-1-3-5-10)8-16-9-14(13)11-6-7-11/h1-5,8,11H,6-7,9H2. The molecule has 0 N–H and O–H groups in total. The van der Waals surface area contributed by atoms with Crippen LogP contribution in [0.15, 0.2) is 36.6 Å². The molecule has 82 valence electrons. The topological polar surface area (TPSA) is 29.5 Å². The Morgan fingerprint density at radius 1 is 1.19 bits per heavy atom. The number of rotatable bonds is 2. The first kappa shape index (κ1) is 9.46. The summed E-state index contributed by atoms with van der Waals surface area (Å²) in [7, 11) is 0. The summed E-state index contributed by atoms with van der Waals surface area (Å²) >= 11 is 0. The van der Waals surface area contributed by atoms with Crippen LogP contribution in [-0.4, -0.2) is 23.6 Å². The smallest absolute Gasteiger partial charge is 0.260 e. The van der Waals surface area contributed by atoms with E-state index in [0.717, 1.165) is 18.4 Å². The second kappa shape index (κ2) is 3.67. The molecular formula is C13H13NO2. The van der Waals surface area contributed by atoms with Gasteiger partial charge in [-0.3, -0.25) is 4.79 Å². The van der Waals surface area contributed by atoms with E-state index in [1.807, 2.05) is 35.2 Å². The number of carbonyl (C=O) groups is 1. The molecule has 2 aliphatic rings. The van der Waals surface area contributed by atoms with E-state index in [9.17, 15) is 4.79 Å². The predicted molar refractivity (Wildman–Crippen MR) is 60.2 cm³/mol. The Kier molecular flexibility index (Phi) is 2.17. The molecule has 0 unspecified atom stereocenters. The highest BCUT2D eigenvalue weighted by Crippen LogP contribution is 2.31. The van der Waals surface area contributed by atoms with Crippen molar-refractivity contribution in [3.63, 3.8) is 0 Å². The van der Waals surface area contributed by atoms with Gasteiger partial charge in [-0.05, 0) is 18.4 Å². The first-order chi connectivity index (χ1) is 7.86. The van der Waals surface area contributed by atoms with Crippen LogP contribution in [-0.2, 0) is 9.53 Å². The van der Waals surface area contributed by atoms with Crippen LogP contribution in [0.1, 0.15) is 18.4 Å². The molecule has 3 heteroatoms. The molecule has 0 aromatic heterocycles. The first-order valence-electron chi connectivity index (χ1n) is 5.54. The van der Waals surface area contributed by atoms with Crippen molar-refractivity contribution in [1.82, 2.24) is 4.90 Å². The van der Waals surface area contributed by atoms with Crippen molar-refractivity contribution in [2.45, 2.75) is 18.9 Å². The van der Waals surface area contributed by atoms with Gasteiger partial charge in [-0.2, -0.15) is 0 Å². The average Bonchev–Trinajstić information content (AvgIpc) is 3.15. The molecular weight excluding hydrogens is 202 g/mol. The van der Waals surface area contributed by atoms with Crippen LogP contribution < -0.4 is 0 Å². The lowest BCUT2D eigenvalue weighted by Crippen LogP contribution is -2.37. The van der Waals surface area contributed by atoms with Crippen molar-refractivity contribution in [2.75, 3.05) is 6.73 Å². The second-order valence-corrected chi connectivity index (χ2v) is 4.20. The third-order valence-electron chi connectivity index (χ3n) is 2.98. The van der Waals surface area contributed by atoms with Crippen molar-refractivity contribution in [1.29, 1.82) is 0 Å². The Morgan fingerprint density at radius 2 is 1.94 bits per heavy atom. The molecule has 16 heavy (non-hydrogen) atoms. The average molecular weight is 215 g/mol. The molecule has 0 bridgehead atoms. The first-order valence-corrected chi connectivity index (χ1v) is 5.54. The highest BCUT2D eigenvalue weighted by atomic mass is 16.5. The van der Waals surface area contributed by atoms with Crippen molar-refractivity contribution in [3.8, 4) is 0 Å². The van der Waals surface area contributed by atoms with E-state index in [0.29, 0.717) is 18.3 Å². The Balaban J connectivity index is 1.90. The molecule has 1 heterocycles. The number of amides is 1. The molecule has 0 saturated heterocycles. The molecule has 3 rings (SSSR count). The fraction of sp³-hybridized carbons (Fsp3) is 0.308. The van der Waals surface area contributed by atoms with E-state index < -0.39 is 0 Å². The van der Waals surface area contributed by atoms with E-state index in [1.54, 1.807) is 6.26 Å². The molecule has 1 saturated carbocycles. The Hall–Kier alpha value is -1.77. The van der Waals surface area contributed by atoms with Gasteiger partial charge in [-0.1, -0.05) is 30.3 Å². The lowest BCUT2D eigenvalue weighted by Gasteiger charge is -2.27. The molecule has 0 radical (unpaired) electrons. The highest BCUT2D eigenvalue weighted by molar-refractivity contribution is 6.19. The van der Waals surface area contributed by atoms with E-state index in [1.165, 1.54) is 0 Å². The van der Waals surface area contributed by atoms with Crippen LogP contribution in [0, 0.1) is 0 Å². The van der Waals surface area contributed by atoms with E-state index in [4.69, 9.17) is 4.74 Å². The number of ether oxygens (including phenoxy) is 1. The van der Waals surface area contributed by atoms with Gasteiger partial charge < -0.3 is 9.64 Å². The molecule has 1 aromatic carbocycles. The molecule has 3 nitrogen and oxygen atoms in total. The third kappa shape index (κ3) is 1.58.